The molecule has 0 spiro atoms. The zero-order valence-electron chi connectivity index (χ0n) is 62.1. The van der Waals surface area contributed by atoms with Crippen LogP contribution in [-0.2, 0) is 21.7 Å². The number of imidazole rings is 4. The fraction of sp³-hybridized carbons (Fsp3) is 0.175. The molecule has 105 heavy (non-hydrogen) atoms. The van der Waals surface area contributed by atoms with Crippen LogP contribution in [-0.4, -0.2) is 37.0 Å². The molecular weight excluding hydrogens is 1280 g/mol. The molecule has 0 aliphatic heterocycles. The van der Waals surface area contributed by atoms with E-state index in [0.29, 0.717) is 0 Å². The topological polar surface area (TPSA) is 54.3 Å². The van der Waals surface area contributed by atoms with Crippen LogP contribution in [0.25, 0.3) is 167 Å². The van der Waals surface area contributed by atoms with Gasteiger partial charge in [0, 0.05) is 44.0 Å². The summed E-state index contributed by atoms with van der Waals surface area (Å²) in [6, 6.07) is 102. The minimum absolute atomic E-state index is 0.102. The maximum absolute atomic E-state index is 5.63. The Balaban J connectivity index is 0.994. The average Bonchev–Trinajstić information content (AvgIpc) is 1.59. The molecule has 8 heteroatoms. The third-order valence-corrected chi connectivity index (χ3v) is 22.4. The van der Waals surface area contributed by atoms with Crippen molar-refractivity contribution < 1.29 is 0 Å². The molecule has 19 aromatic rings. The highest BCUT2D eigenvalue weighted by atomic mass is 15.2. The minimum Gasteiger partial charge on any atom is -0.309 e. The van der Waals surface area contributed by atoms with Gasteiger partial charge in [0.25, 0.3) is 0 Å². The molecule has 19 rings (SSSR count). The lowest BCUT2D eigenvalue weighted by atomic mass is 9.85. The Morgan fingerprint density at radius 3 is 1.00 bits per heavy atom. The van der Waals surface area contributed by atoms with Gasteiger partial charge in [0.1, 0.15) is 0 Å². The van der Waals surface area contributed by atoms with Crippen molar-refractivity contribution >= 4 is 99.3 Å². The Hall–Kier alpha value is -12.0. The molecule has 0 amide bonds. The summed E-state index contributed by atoms with van der Waals surface area (Å²) in [4.78, 5) is 11.2. The molecule has 0 aliphatic carbocycles. The van der Waals surface area contributed by atoms with Crippen molar-refractivity contribution in [3.05, 3.63) is 301 Å². The number of nitrogens with zero attached hydrogens (tertiary/aromatic N) is 8. The molecule has 6 heterocycles. The predicted octanol–water partition coefficient (Wildman–Crippen LogP) is 25.5. The first kappa shape index (κ1) is 63.9. The number of para-hydroxylation sites is 2. The number of fused-ring (bicyclic) bond motifs is 16. The van der Waals surface area contributed by atoms with Crippen molar-refractivity contribution in [3.63, 3.8) is 0 Å². The van der Waals surface area contributed by atoms with Crippen LogP contribution < -0.4 is 0 Å². The van der Waals surface area contributed by atoms with Gasteiger partial charge in [-0.05, 0) is 217 Å². The van der Waals surface area contributed by atoms with Crippen LogP contribution in [0.3, 0.4) is 0 Å². The normalized spacial score (nSPS) is 12.8. The van der Waals surface area contributed by atoms with Crippen LogP contribution in [0.15, 0.2) is 273 Å². The lowest BCUT2D eigenvalue weighted by Gasteiger charge is -2.25. The van der Waals surface area contributed by atoms with Crippen molar-refractivity contribution in [1.82, 2.24) is 37.0 Å². The largest absolute Gasteiger partial charge is 0.309 e. The Bertz CT molecular complexity index is 6630. The van der Waals surface area contributed by atoms with Crippen LogP contribution in [0.1, 0.15) is 111 Å². The maximum Gasteiger partial charge on any atom is 0.220 e. The lowest BCUT2D eigenvalue weighted by Crippen LogP contribution is -2.11. The van der Waals surface area contributed by atoms with E-state index in [1.165, 1.54) is 43.8 Å². The molecular formula is C97H84N8. The van der Waals surface area contributed by atoms with Crippen molar-refractivity contribution in [3.8, 4) is 67.3 Å². The molecule has 0 fully saturated rings. The van der Waals surface area contributed by atoms with Crippen LogP contribution in [0.2, 0.25) is 0 Å². The van der Waals surface area contributed by atoms with Gasteiger partial charge in [-0.2, -0.15) is 0 Å². The van der Waals surface area contributed by atoms with Gasteiger partial charge in [0.05, 0.1) is 77.6 Å². The monoisotopic (exact) mass is 1360 g/mol. The summed E-state index contributed by atoms with van der Waals surface area (Å²) in [7, 11) is 0. The molecule has 0 aliphatic rings. The van der Waals surface area contributed by atoms with E-state index >= 15 is 0 Å². The third kappa shape index (κ3) is 10.1. The quantitative estimate of drug-likeness (QED) is 0.152. The lowest BCUT2D eigenvalue weighted by molar-refractivity contribution is 0.590. The van der Waals surface area contributed by atoms with E-state index in [9.17, 15) is 0 Å². The summed E-state index contributed by atoms with van der Waals surface area (Å²) < 4.78 is 14.7. The summed E-state index contributed by atoms with van der Waals surface area (Å²) in [5.41, 5.74) is 32.0. The molecule has 13 aromatic carbocycles. The zero-order chi connectivity index (χ0) is 71.9. The molecule has 0 saturated carbocycles. The summed E-state index contributed by atoms with van der Waals surface area (Å²) in [6.07, 6.45) is 0. The first-order valence-corrected chi connectivity index (χ1v) is 37.0. The number of benzene rings is 13. The van der Waals surface area contributed by atoms with E-state index < -0.39 is 0 Å². The van der Waals surface area contributed by atoms with E-state index in [1.807, 2.05) is 0 Å². The summed E-state index contributed by atoms with van der Waals surface area (Å²) in [5, 5.41) is 4.92. The summed E-state index contributed by atoms with van der Waals surface area (Å²) >= 11 is 0. The summed E-state index contributed by atoms with van der Waals surface area (Å²) in [5.74, 6) is 1.71. The Morgan fingerprint density at radius 1 is 0.257 bits per heavy atom. The fourth-order valence-corrected chi connectivity index (χ4v) is 16.8. The van der Waals surface area contributed by atoms with Gasteiger partial charge in [-0.1, -0.05) is 229 Å². The molecule has 0 unspecified atom stereocenters. The highest BCUT2D eigenvalue weighted by molar-refractivity contribution is 6.14. The first-order chi connectivity index (χ1) is 50.5. The van der Waals surface area contributed by atoms with E-state index in [0.717, 1.165) is 151 Å². The Kier molecular flexibility index (Phi) is 14.0. The summed E-state index contributed by atoms with van der Waals surface area (Å²) in [6.45, 7) is 30.4. The SMILES string of the molecule is Cc1c(-c2ccc3c(c2)n2c4cc(-c5ccccc5)ccc4nc2n3-c2ccccc2)c(-n2c3ccc(C(C)(C)C)cc3c3cc(C(C)(C)C)ccc32)cc(-c2ccc3nc4n(-c5ccccc5)c5ccc(-c6ccccc6)cc5n4c3c2)c1-n1c2ccc(C(C)(C)C)cc2c2cc(C(C)(C)C)ccc21. The van der Waals surface area contributed by atoms with Gasteiger partial charge in [0.2, 0.25) is 11.6 Å². The van der Waals surface area contributed by atoms with Gasteiger partial charge in [-0.25, -0.2) is 9.97 Å². The van der Waals surface area contributed by atoms with Crippen LogP contribution in [0, 0.1) is 6.92 Å². The average molecular weight is 1360 g/mol. The molecule has 0 radical (unpaired) electrons. The van der Waals surface area contributed by atoms with Gasteiger partial charge in [-0.3, -0.25) is 17.9 Å². The van der Waals surface area contributed by atoms with Gasteiger partial charge in [-0.15, -0.1) is 0 Å². The molecule has 0 bridgehead atoms. The van der Waals surface area contributed by atoms with Gasteiger partial charge < -0.3 is 9.13 Å². The van der Waals surface area contributed by atoms with Crippen LogP contribution in [0.4, 0.5) is 0 Å². The minimum atomic E-state index is -0.103. The second-order valence-electron chi connectivity index (χ2n) is 33.3. The predicted molar refractivity (Wildman–Crippen MR) is 443 cm³/mol. The third-order valence-electron chi connectivity index (χ3n) is 22.4. The van der Waals surface area contributed by atoms with E-state index in [2.05, 4.69) is 390 Å². The van der Waals surface area contributed by atoms with Gasteiger partial charge in [0.15, 0.2) is 0 Å². The van der Waals surface area contributed by atoms with E-state index in [4.69, 9.17) is 9.97 Å². The Labute approximate surface area is 612 Å². The number of rotatable bonds is 8. The van der Waals surface area contributed by atoms with Gasteiger partial charge >= 0.3 is 0 Å². The molecule has 512 valence electrons. The molecule has 0 N–H and O–H groups in total. The number of aromatic nitrogens is 8. The molecule has 6 aromatic heterocycles. The number of hydrogen-bond acceptors (Lipinski definition) is 2. The second-order valence-corrected chi connectivity index (χ2v) is 33.3. The highest BCUT2D eigenvalue weighted by Crippen LogP contribution is 2.50. The highest BCUT2D eigenvalue weighted by Gasteiger charge is 2.31. The molecule has 0 saturated heterocycles. The fourth-order valence-electron chi connectivity index (χ4n) is 16.8. The molecule has 0 atom stereocenters. The first-order valence-electron chi connectivity index (χ1n) is 37.0. The van der Waals surface area contributed by atoms with Crippen molar-refractivity contribution in [2.24, 2.45) is 0 Å². The zero-order valence-corrected chi connectivity index (χ0v) is 62.1. The van der Waals surface area contributed by atoms with Crippen molar-refractivity contribution in [2.75, 3.05) is 0 Å². The second kappa shape index (κ2) is 23.0. The van der Waals surface area contributed by atoms with Crippen molar-refractivity contribution in [1.29, 1.82) is 0 Å². The smallest absolute Gasteiger partial charge is 0.220 e. The van der Waals surface area contributed by atoms with Crippen LogP contribution in [0.5, 0.6) is 0 Å². The Morgan fingerprint density at radius 2 is 0.590 bits per heavy atom. The maximum atomic E-state index is 5.63. The van der Waals surface area contributed by atoms with E-state index in [1.54, 1.807) is 0 Å². The van der Waals surface area contributed by atoms with Crippen LogP contribution >= 0.6 is 0 Å². The molecule has 8 nitrogen and oxygen atoms in total. The van der Waals surface area contributed by atoms with E-state index in [-0.39, 0.29) is 21.7 Å². The number of hydrogen-bond donors (Lipinski definition) is 0. The van der Waals surface area contributed by atoms with Crippen molar-refractivity contribution in [2.45, 2.75) is 112 Å². The standard InChI is InChI=1S/C97H84N8/c1-59-90(65-37-45-84-88(53-65)104-85-50-62(60-26-18-14-19-27-60)34-42-77(85)98-92(104)101(84)71-32-24-17-25-33-71)89(102-79-46-38-66(94(2,3)4)54-73(79)74-55-67(95(5,6)7)39-47-80(74)102)58-72(91(59)103-81-48-40-68(96(8,9)10)56-75(81)76-57-69(97(11,12)13)41-49-82(76)103)64-35-43-78-86(52-64)105-87-51-63(61-28-20-15-21-29-61)36-44-83(87)100(93(105)99-78)70-30-22-16-23-31-70/h14-58H,1-13H3.